The number of esters is 1. The lowest BCUT2D eigenvalue weighted by Gasteiger charge is -2.24. The minimum absolute atomic E-state index is 0.423. The van der Waals surface area contributed by atoms with Crippen molar-refractivity contribution in [2.75, 3.05) is 7.11 Å². The first-order chi connectivity index (χ1) is 8.54. The van der Waals surface area contributed by atoms with Gasteiger partial charge >= 0.3 is 5.97 Å². The van der Waals surface area contributed by atoms with Crippen LogP contribution in [0.4, 0.5) is 0 Å². The Hall–Kier alpha value is -2.04. The molecule has 0 fully saturated rings. The molecule has 5 nitrogen and oxygen atoms in total. The first kappa shape index (κ1) is 14.0. The molecule has 18 heavy (non-hydrogen) atoms. The summed E-state index contributed by atoms with van der Waals surface area (Å²) < 4.78 is 4.46. The number of carboxylic acid groups (broad SMARTS) is 1. The average Bonchev–Trinajstić information content (AvgIpc) is 2.36. The van der Waals surface area contributed by atoms with Crippen molar-refractivity contribution in [3.63, 3.8) is 0 Å². The van der Waals surface area contributed by atoms with E-state index >= 15 is 0 Å². The number of hydrogen-bond acceptors (Lipinski definition) is 5. The van der Waals surface area contributed by atoms with E-state index < -0.39 is 18.0 Å². The van der Waals surface area contributed by atoms with E-state index in [4.69, 9.17) is 0 Å². The molecule has 1 atom stereocenters. The molecule has 98 valence electrons. The van der Waals surface area contributed by atoms with Crippen molar-refractivity contribution in [2.24, 2.45) is 0 Å². The van der Waals surface area contributed by atoms with Crippen molar-refractivity contribution in [2.45, 2.75) is 25.8 Å². The molecule has 0 aromatic carbocycles. The van der Waals surface area contributed by atoms with Gasteiger partial charge in [-0.2, -0.15) is 0 Å². The molecule has 0 saturated heterocycles. The maximum absolute atomic E-state index is 11.1. The molecular formula is C13H16NO4-. The van der Waals surface area contributed by atoms with Crippen molar-refractivity contribution in [1.82, 2.24) is 5.32 Å². The second-order valence-electron chi connectivity index (χ2n) is 3.94. The number of carbonyl (C=O) groups is 2. The van der Waals surface area contributed by atoms with Gasteiger partial charge in [0.15, 0.2) is 0 Å². The SMILES string of the molecule is COC(=O)/C=C(\C)N[C@@H](C(=O)[O-])C1=CCC=CC1. The molecule has 1 rings (SSSR count). The Bertz CT molecular complexity index is 421. The van der Waals surface area contributed by atoms with Gasteiger partial charge in [-0.05, 0) is 25.3 Å². The maximum atomic E-state index is 11.1. The van der Waals surface area contributed by atoms with Crippen LogP contribution in [0, 0.1) is 0 Å². The highest BCUT2D eigenvalue weighted by atomic mass is 16.5. The number of nitrogens with one attached hydrogen (secondary N) is 1. The minimum atomic E-state index is -1.21. The van der Waals surface area contributed by atoms with E-state index in [0.29, 0.717) is 18.5 Å². The van der Waals surface area contributed by atoms with Crippen molar-refractivity contribution >= 4 is 11.9 Å². The van der Waals surface area contributed by atoms with Crippen molar-refractivity contribution in [1.29, 1.82) is 0 Å². The number of carboxylic acids is 1. The summed E-state index contributed by atoms with van der Waals surface area (Å²) in [5.41, 5.74) is 1.15. The van der Waals surface area contributed by atoms with Crippen molar-refractivity contribution < 1.29 is 19.4 Å². The van der Waals surface area contributed by atoms with E-state index in [0.717, 1.165) is 5.57 Å². The van der Waals surface area contributed by atoms with Crippen LogP contribution in [0.3, 0.4) is 0 Å². The second-order valence-corrected chi connectivity index (χ2v) is 3.94. The van der Waals surface area contributed by atoms with Gasteiger partial charge in [-0.15, -0.1) is 0 Å². The number of allylic oxidation sites excluding steroid dienone is 4. The Morgan fingerprint density at radius 3 is 2.72 bits per heavy atom. The third-order valence-electron chi connectivity index (χ3n) is 2.55. The summed E-state index contributed by atoms with van der Waals surface area (Å²) in [6.45, 7) is 1.60. The molecule has 1 aliphatic rings. The smallest absolute Gasteiger partial charge is 0.332 e. The van der Waals surface area contributed by atoms with Crippen LogP contribution >= 0.6 is 0 Å². The van der Waals surface area contributed by atoms with Crippen LogP contribution in [-0.2, 0) is 14.3 Å². The van der Waals surface area contributed by atoms with E-state index in [-0.39, 0.29) is 0 Å². The molecule has 0 unspecified atom stereocenters. The molecular weight excluding hydrogens is 234 g/mol. The molecule has 5 heteroatoms. The van der Waals surface area contributed by atoms with Gasteiger partial charge < -0.3 is 20.0 Å². The van der Waals surface area contributed by atoms with Crippen LogP contribution in [0.1, 0.15) is 19.8 Å². The standard InChI is InChI=1S/C13H17NO4/c1-9(8-11(15)18-2)14-12(13(16)17)10-6-4-3-5-7-10/h3-4,7-8,12,14H,5-6H2,1-2H3,(H,16,17)/p-1/b9-8+/t12-/m1/s1. The monoisotopic (exact) mass is 250 g/mol. The summed E-state index contributed by atoms with van der Waals surface area (Å²) in [6.07, 6.45) is 8.20. The molecule has 1 N–H and O–H groups in total. The Morgan fingerprint density at radius 1 is 1.50 bits per heavy atom. The summed E-state index contributed by atoms with van der Waals surface area (Å²) in [6, 6.07) is -0.921. The summed E-state index contributed by atoms with van der Waals surface area (Å²) in [4.78, 5) is 22.1. The van der Waals surface area contributed by atoms with Crippen LogP contribution < -0.4 is 10.4 Å². The van der Waals surface area contributed by atoms with Crippen LogP contribution in [0.25, 0.3) is 0 Å². The lowest BCUT2D eigenvalue weighted by Crippen LogP contribution is -2.46. The van der Waals surface area contributed by atoms with E-state index in [1.54, 1.807) is 6.92 Å². The van der Waals surface area contributed by atoms with Crippen LogP contribution in [0.5, 0.6) is 0 Å². The fraction of sp³-hybridized carbons (Fsp3) is 0.385. The molecule has 0 amide bonds. The van der Waals surface area contributed by atoms with Gasteiger partial charge in [-0.25, -0.2) is 4.79 Å². The fourth-order valence-corrected chi connectivity index (χ4v) is 1.66. The van der Waals surface area contributed by atoms with Gasteiger partial charge in [0.2, 0.25) is 0 Å². The summed E-state index contributed by atoms with van der Waals surface area (Å²) in [5.74, 6) is -1.75. The Morgan fingerprint density at radius 2 is 2.22 bits per heavy atom. The molecule has 0 radical (unpaired) electrons. The van der Waals surface area contributed by atoms with E-state index in [1.165, 1.54) is 13.2 Å². The molecule has 0 aliphatic heterocycles. The molecule has 0 aromatic rings. The molecule has 0 spiro atoms. The highest BCUT2D eigenvalue weighted by molar-refractivity contribution is 5.83. The zero-order valence-corrected chi connectivity index (χ0v) is 10.4. The van der Waals surface area contributed by atoms with Gasteiger partial charge in [-0.3, -0.25) is 0 Å². The highest BCUT2D eigenvalue weighted by Crippen LogP contribution is 2.15. The van der Waals surface area contributed by atoms with Gasteiger partial charge in [-0.1, -0.05) is 18.2 Å². The number of rotatable bonds is 5. The molecule has 0 saturated carbocycles. The zero-order valence-electron chi connectivity index (χ0n) is 10.4. The summed E-state index contributed by atoms with van der Waals surface area (Å²) in [7, 11) is 1.26. The van der Waals surface area contributed by atoms with Gasteiger partial charge in [0.05, 0.1) is 19.1 Å². The number of methoxy groups -OCH3 is 1. The van der Waals surface area contributed by atoms with Crippen LogP contribution in [0.15, 0.2) is 35.6 Å². The number of hydrogen-bond donors (Lipinski definition) is 1. The maximum Gasteiger partial charge on any atom is 0.332 e. The fourth-order valence-electron chi connectivity index (χ4n) is 1.66. The number of carbonyl (C=O) groups excluding carboxylic acids is 2. The first-order valence-corrected chi connectivity index (χ1v) is 5.62. The third-order valence-corrected chi connectivity index (χ3v) is 2.55. The number of ether oxygens (including phenoxy) is 1. The Kier molecular flexibility index (Phi) is 5.17. The van der Waals surface area contributed by atoms with Crippen molar-refractivity contribution in [3.8, 4) is 0 Å². The van der Waals surface area contributed by atoms with Crippen molar-refractivity contribution in [3.05, 3.63) is 35.6 Å². The summed E-state index contributed by atoms with van der Waals surface area (Å²) >= 11 is 0. The topological polar surface area (TPSA) is 78.5 Å². The van der Waals surface area contributed by atoms with Gasteiger partial charge in [0.25, 0.3) is 0 Å². The van der Waals surface area contributed by atoms with Crippen LogP contribution in [-0.4, -0.2) is 25.1 Å². The highest BCUT2D eigenvalue weighted by Gasteiger charge is 2.15. The average molecular weight is 250 g/mol. The Labute approximate surface area is 106 Å². The lowest BCUT2D eigenvalue weighted by atomic mass is 9.98. The second kappa shape index (κ2) is 6.64. The zero-order chi connectivity index (χ0) is 13.5. The van der Waals surface area contributed by atoms with Crippen LogP contribution in [0.2, 0.25) is 0 Å². The normalized spacial score (nSPS) is 16.8. The minimum Gasteiger partial charge on any atom is -0.548 e. The van der Waals surface area contributed by atoms with E-state index in [2.05, 4.69) is 10.1 Å². The predicted octanol–water partition coefficient (Wildman–Crippen LogP) is 0.0477. The largest absolute Gasteiger partial charge is 0.548 e. The quantitative estimate of drug-likeness (QED) is 0.423. The summed E-state index contributed by atoms with van der Waals surface area (Å²) in [5, 5.41) is 13.9. The number of aliphatic carboxylic acids is 1. The molecule has 1 aliphatic carbocycles. The van der Waals surface area contributed by atoms with Gasteiger partial charge in [0.1, 0.15) is 0 Å². The molecule has 0 heterocycles. The first-order valence-electron chi connectivity index (χ1n) is 5.62. The Balaban J connectivity index is 2.75. The lowest BCUT2D eigenvalue weighted by molar-refractivity contribution is -0.307. The molecule has 0 aromatic heterocycles. The predicted molar refractivity (Wildman–Crippen MR) is 64.2 cm³/mol. The third kappa shape index (κ3) is 4.08. The van der Waals surface area contributed by atoms with E-state index in [9.17, 15) is 14.7 Å². The molecule has 0 bridgehead atoms. The van der Waals surface area contributed by atoms with Gasteiger partial charge in [0, 0.05) is 11.8 Å². The van der Waals surface area contributed by atoms with E-state index in [1.807, 2.05) is 18.2 Å².